The van der Waals surface area contributed by atoms with Gasteiger partial charge in [0.1, 0.15) is 0 Å². The molecule has 3 nitrogen and oxygen atoms in total. The molecular weight excluding hydrogens is 238 g/mol. The van der Waals surface area contributed by atoms with E-state index in [1.54, 1.807) is 0 Å². The maximum absolute atomic E-state index is 13.0. The van der Waals surface area contributed by atoms with Crippen molar-refractivity contribution in [2.75, 3.05) is 18.4 Å². The van der Waals surface area contributed by atoms with E-state index in [1.165, 1.54) is 6.07 Å². The molecule has 1 fully saturated rings. The minimum atomic E-state index is -0.956. The molecule has 2 rings (SSSR count). The summed E-state index contributed by atoms with van der Waals surface area (Å²) in [5, 5.41) is 5.81. The van der Waals surface area contributed by atoms with Crippen molar-refractivity contribution in [3.05, 3.63) is 29.8 Å². The van der Waals surface area contributed by atoms with Gasteiger partial charge in [-0.2, -0.15) is 0 Å². The van der Waals surface area contributed by atoms with Crippen LogP contribution in [0.3, 0.4) is 0 Å². The van der Waals surface area contributed by atoms with Crippen LogP contribution in [0.15, 0.2) is 18.2 Å². The average molecular weight is 254 g/mol. The Morgan fingerprint density at radius 1 is 1.44 bits per heavy atom. The van der Waals surface area contributed by atoms with Crippen molar-refractivity contribution < 1.29 is 13.6 Å². The summed E-state index contributed by atoms with van der Waals surface area (Å²) >= 11 is 0. The molecule has 1 unspecified atom stereocenters. The van der Waals surface area contributed by atoms with Gasteiger partial charge in [-0.3, -0.25) is 4.79 Å². The zero-order chi connectivity index (χ0) is 13.2. The molecule has 98 valence electrons. The van der Waals surface area contributed by atoms with Crippen molar-refractivity contribution in [3.63, 3.8) is 0 Å². The Morgan fingerprint density at radius 2 is 2.22 bits per heavy atom. The second-order valence-electron chi connectivity index (χ2n) is 4.64. The van der Waals surface area contributed by atoms with Crippen molar-refractivity contribution in [1.29, 1.82) is 0 Å². The largest absolute Gasteiger partial charge is 0.325 e. The maximum atomic E-state index is 13.0. The number of nitrogens with one attached hydrogen (secondary N) is 2. The predicted molar refractivity (Wildman–Crippen MR) is 65.2 cm³/mol. The van der Waals surface area contributed by atoms with E-state index in [4.69, 9.17) is 0 Å². The molecule has 1 saturated heterocycles. The molecule has 2 N–H and O–H groups in total. The first-order valence-electron chi connectivity index (χ1n) is 6.04. The van der Waals surface area contributed by atoms with E-state index in [-0.39, 0.29) is 5.91 Å². The van der Waals surface area contributed by atoms with Gasteiger partial charge < -0.3 is 10.6 Å². The van der Waals surface area contributed by atoms with Crippen molar-refractivity contribution in [1.82, 2.24) is 5.32 Å². The Balaban J connectivity index is 2.13. The summed E-state index contributed by atoms with van der Waals surface area (Å²) < 4.78 is 25.8. The molecule has 1 aliphatic heterocycles. The molecule has 1 amide bonds. The fourth-order valence-corrected chi connectivity index (χ4v) is 2.24. The zero-order valence-electron chi connectivity index (χ0n) is 10.2. The fraction of sp³-hybridized carbons (Fsp3) is 0.462. The minimum Gasteiger partial charge on any atom is -0.325 e. The third-order valence-electron chi connectivity index (χ3n) is 3.58. The summed E-state index contributed by atoms with van der Waals surface area (Å²) in [6.45, 7) is 3.38. The normalized spacial score (nSPS) is 23.1. The van der Waals surface area contributed by atoms with Crippen LogP contribution in [0.4, 0.5) is 14.5 Å². The molecule has 0 aliphatic carbocycles. The Bertz CT molecular complexity index is 456. The predicted octanol–water partition coefficient (Wildman–Crippen LogP) is 2.29. The number of amides is 1. The smallest absolute Gasteiger partial charge is 0.231 e. The quantitative estimate of drug-likeness (QED) is 0.869. The lowest BCUT2D eigenvalue weighted by Gasteiger charge is -2.25. The molecule has 1 aliphatic rings. The summed E-state index contributed by atoms with van der Waals surface area (Å²) in [7, 11) is 0. The first-order valence-corrected chi connectivity index (χ1v) is 6.04. The van der Waals surface area contributed by atoms with Crippen molar-refractivity contribution in [2.24, 2.45) is 5.41 Å². The number of anilines is 1. The Hall–Kier alpha value is -1.49. The standard InChI is InChI=1S/C13H16F2N2O/c1-2-13(5-6-16-8-13)12(18)17-9-3-4-10(14)11(15)7-9/h3-4,7,16H,2,5-6,8H2,1H3,(H,17,18). The first-order chi connectivity index (χ1) is 8.57. The van der Waals surface area contributed by atoms with E-state index in [1.807, 2.05) is 6.92 Å². The SMILES string of the molecule is CCC1(C(=O)Nc2ccc(F)c(F)c2)CCNC1. The van der Waals surface area contributed by atoms with Crippen LogP contribution in [-0.4, -0.2) is 19.0 Å². The lowest BCUT2D eigenvalue weighted by Crippen LogP contribution is -2.37. The first kappa shape index (κ1) is 13.0. The van der Waals surface area contributed by atoms with E-state index >= 15 is 0 Å². The van der Waals surface area contributed by atoms with Crippen LogP contribution in [0, 0.1) is 17.0 Å². The highest BCUT2D eigenvalue weighted by atomic mass is 19.2. The summed E-state index contributed by atoms with van der Waals surface area (Å²) in [6, 6.07) is 3.37. The number of hydrogen-bond donors (Lipinski definition) is 2. The van der Waals surface area contributed by atoms with Gasteiger partial charge in [0.25, 0.3) is 0 Å². The number of carbonyl (C=O) groups is 1. The highest BCUT2D eigenvalue weighted by Gasteiger charge is 2.39. The van der Waals surface area contributed by atoms with Gasteiger partial charge in [0.05, 0.1) is 5.41 Å². The topological polar surface area (TPSA) is 41.1 Å². The van der Waals surface area contributed by atoms with Gasteiger partial charge in [0.15, 0.2) is 11.6 Å². The molecular formula is C13H16F2N2O. The average Bonchev–Trinajstić information content (AvgIpc) is 2.84. The van der Waals surface area contributed by atoms with Gasteiger partial charge in [-0.15, -0.1) is 0 Å². The van der Waals surface area contributed by atoms with Gasteiger partial charge in [-0.05, 0) is 31.5 Å². The van der Waals surface area contributed by atoms with E-state index in [2.05, 4.69) is 10.6 Å². The van der Waals surface area contributed by atoms with E-state index in [0.717, 1.165) is 31.5 Å². The Labute approximate surface area is 105 Å². The summed E-state index contributed by atoms with van der Waals surface area (Å²) in [5.74, 6) is -2.01. The molecule has 0 saturated carbocycles. The van der Waals surface area contributed by atoms with Crippen LogP contribution in [0.25, 0.3) is 0 Å². The molecule has 0 aromatic heterocycles. The lowest BCUT2D eigenvalue weighted by atomic mass is 9.83. The van der Waals surface area contributed by atoms with Crippen LogP contribution in [0.5, 0.6) is 0 Å². The number of halogens is 2. The molecule has 1 heterocycles. The molecule has 1 aromatic carbocycles. The van der Waals surface area contributed by atoms with Crippen LogP contribution in [-0.2, 0) is 4.79 Å². The number of rotatable bonds is 3. The number of hydrogen-bond acceptors (Lipinski definition) is 2. The molecule has 1 aromatic rings. The van der Waals surface area contributed by atoms with Gasteiger partial charge in [-0.1, -0.05) is 6.92 Å². The molecule has 0 radical (unpaired) electrons. The van der Waals surface area contributed by atoms with Crippen LogP contribution in [0.1, 0.15) is 19.8 Å². The summed E-state index contributed by atoms with van der Waals surface area (Å²) in [6.07, 6.45) is 1.48. The Morgan fingerprint density at radius 3 is 2.78 bits per heavy atom. The maximum Gasteiger partial charge on any atom is 0.231 e. The molecule has 1 atom stereocenters. The van der Waals surface area contributed by atoms with E-state index in [0.29, 0.717) is 12.2 Å². The Kier molecular flexibility index (Phi) is 3.61. The molecule has 0 bridgehead atoms. The third-order valence-corrected chi connectivity index (χ3v) is 3.58. The minimum absolute atomic E-state index is 0.138. The highest BCUT2D eigenvalue weighted by molar-refractivity contribution is 5.95. The second kappa shape index (κ2) is 5.02. The number of carbonyl (C=O) groups excluding carboxylic acids is 1. The number of benzene rings is 1. The van der Waals surface area contributed by atoms with Gasteiger partial charge in [0, 0.05) is 18.3 Å². The molecule has 0 spiro atoms. The third kappa shape index (κ3) is 2.36. The highest BCUT2D eigenvalue weighted by Crippen LogP contribution is 2.31. The molecule has 18 heavy (non-hydrogen) atoms. The lowest BCUT2D eigenvalue weighted by molar-refractivity contribution is -0.124. The monoisotopic (exact) mass is 254 g/mol. The second-order valence-corrected chi connectivity index (χ2v) is 4.64. The van der Waals surface area contributed by atoms with Crippen molar-refractivity contribution in [2.45, 2.75) is 19.8 Å². The van der Waals surface area contributed by atoms with Crippen LogP contribution < -0.4 is 10.6 Å². The fourth-order valence-electron chi connectivity index (χ4n) is 2.24. The summed E-state index contributed by atoms with van der Waals surface area (Å²) in [5.41, 5.74) is -0.149. The zero-order valence-corrected chi connectivity index (χ0v) is 10.2. The molecule has 5 heteroatoms. The van der Waals surface area contributed by atoms with Crippen LogP contribution >= 0.6 is 0 Å². The summed E-state index contributed by atoms with van der Waals surface area (Å²) in [4.78, 5) is 12.2. The van der Waals surface area contributed by atoms with Gasteiger partial charge in [-0.25, -0.2) is 8.78 Å². The van der Waals surface area contributed by atoms with E-state index < -0.39 is 17.0 Å². The van der Waals surface area contributed by atoms with Crippen molar-refractivity contribution in [3.8, 4) is 0 Å². The van der Waals surface area contributed by atoms with Gasteiger partial charge in [0.2, 0.25) is 5.91 Å². The van der Waals surface area contributed by atoms with Crippen molar-refractivity contribution >= 4 is 11.6 Å². The van der Waals surface area contributed by atoms with Gasteiger partial charge >= 0.3 is 0 Å². The van der Waals surface area contributed by atoms with E-state index in [9.17, 15) is 13.6 Å². The van der Waals surface area contributed by atoms with Crippen LogP contribution in [0.2, 0.25) is 0 Å².